The van der Waals surface area contributed by atoms with Crippen LogP contribution >= 0.6 is 0 Å². The van der Waals surface area contributed by atoms with Gasteiger partial charge in [-0.15, -0.1) is 0 Å². The summed E-state index contributed by atoms with van der Waals surface area (Å²) in [6.07, 6.45) is 0. The standard InChI is InChI=1S/C21H26N4O3/c1-16(26)23-18-4-3-5-19(14-18)24-10-12-25(13-11-24)21(27)22-15-17-6-8-20(28-2)9-7-17/h3-9,14H,10-13,15H2,1-2H3,(H,22,27)(H,23,26). The third kappa shape index (κ3) is 5.16. The van der Waals surface area contributed by atoms with Crippen molar-refractivity contribution in [1.82, 2.24) is 10.2 Å². The first-order valence-corrected chi connectivity index (χ1v) is 9.33. The average molecular weight is 382 g/mol. The Hall–Kier alpha value is -3.22. The molecule has 0 atom stereocenters. The molecule has 0 spiro atoms. The van der Waals surface area contributed by atoms with Crippen molar-refractivity contribution < 1.29 is 14.3 Å². The number of carbonyl (C=O) groups excluding carboxylic acids is 2. The van der Waals surface area contributed by atoms with E-state index in [4.69, 9.17) is 4.74 Å². The second-order valence-electron chi connectivity index (χ2n) is 6.71. The Bertz CT molecular complexity index is 815. The maximum Gasteiger partial charge on any atom is 0.317 e. The van der Waals surface area contributed by atoms with Crippen molar-refractivity contribution in [3.63, 3.8) is 0 Å². The van der Waals surface area contributed by atoms with Crippen molar-refractivity contribution in [2.75, 3.05) is 43.5 Å². The average Bonchev–Trinajstić information content (AvgIpc) is 2.72. The molecular formula is C21H26N4O3. The highest BCUT2D eigenvalue weighted by atomic mass is 16.5. The molecule has 1 saturated heterocycles. The van der Waals surface area contributed by atoms with E-state index in [0.29, 0.717) is 19.6 Å². The summed E-state index contributed by atoms with van der Waals surface area (Å²) in [5.41, 5.74) is 2.86. The number of anilines is 2. The smallest absolute Gasteiger partial charge is 0.317 e. The zero-order chi connectivity index (χ0) is 19.9. The molecule has 1 aliphatic heterocycles. The maximum atomic E-state index is 12.4. The molecule has 2 aromatic rings. The van der Waals surface area contributed by atoms with Gasteiger partial charge in [0.05, 0.1) is 7.11 Å². The van der Waals surface area contributed by atoms with Gasteiger partial charge in [-0.25, -0.2) is 4.79 Å². The molecule has 1 aliphatic rings. The summed E-state index contributed by atoms with van der Waals surface area (Å²) in [4.78, 5) is 27.7. The van der Waals surface area contributed by atoms with Crippen LogP contribution in [0.15, 0.2) is 48.5 Å². The monoisotopic (exact) mass is 382 g/mol. The highest BCUT2D eigenvalue weighted by molar-refractivity contribution is 5.89. The van der Waals surface area contributed by atoms with Gasteiger partial charge in [-0.3, -0.25) is 4.79 Å². The van der Waals surface area contributed by atoms with Crippen molar-refractivity contribution in [2.45, 2.75) is 13.5 Å². The van der Waals surface area contributed by atoms with Gasteiger partial charge in [-0.1, -0.05) is 18.2 Å². The van der Waals surface area contributed by atoms with E-state index in [1.54, 1.807) is 7.11 Å². The summed E-state index contributed by atoms with van der Waals surface area (Å²) in [6, 6.07) is 15.4. The minimum atomic E-state index is -0.0875. The van der Waals surface area contributed by atoms with Crippen LogP contribution in [0.3, 0.4) is 0 Å². The Morgan fingerprint density at radius 3 is 2.39 bits per heavy atom. The third-order valence-electron chi connectivity index (χ3n) is 4.70. The number of nitrogens with one attached hydrogen (secondary N) is 2. The zero-order valence-corrected chi connectivity index (χ0v) is 16.3. The molecule has 0 unspecified atom stereocenters. The Balaban J connectivity index is 1.49. The lowest BCUT2D eigenvalue weighted by molar-refractivity contribution is -0.114. The predicted molar refractivity (Wildman–Crippen MR) is 110 cm³/mol. The lowest BCUT2D eigenvalue weighted by atomic mass is 10.2. The molecule has 0 bridgehead atoms. The largest absolute Gasteiger partial charge is 0.497 e. The Morgan fingerprint density at radius 2 is 1.75 bits per heavy atom. The van der Waals surface area contributed by atoms with Crippen LogP contribution in [0.2, 0.25) is 0 Å². The van der Waals surface area contributed by atoms with Crippen LogP contribution in [0, 0.1) is 0 Å². The van der Waals surface area contributed by atoms with Crippen molar-refractivity contribution in [2.24, 2.45) is 0 Å². The highest BCUT2D eigenvalue weighted by Crippen LogP contribution is 2.21. The molecule has 2 aromatic carbocycles. The van der Waals surface area contributed by atoms with E-state index < -0.39 is 0 Å². The topological polar surface area (TPSA) is 73.9 Å². The number of ether oxygens (including phenoxy) is 1. The first kappa shape index (κ1) is 19.5. The number of nitrogens with zero attached hydrogens (tertiary/aromatic N) is 2. The second kappa shape index (κ2) is 9.12. The van der Waals surface area contributed by atoms with Crippen LogP contribution in [-0.4, -0.2) is 50.1 Å². The fourth-order valence-electron chi connectivity index (χ4n) is 3.18. The maximum absolute atomic E-state index is 12.4. The first-order chi connectivity index (χ1) is 13.5. The van der Waals surface area contributed by atoms with Crippen molar-refractivity contribution in [1.29, 1.82) is 0 Å². The second-order valence-corrected chi connectivity index (χ2v) is 6.71. The third-order valence-corrected chi connectivity index (χ3v) is 4.70. The molecule has 7 heteroatoms. The van der Waals surface area contributed by atoms with Gasteiger partial charge in [-0.05, 0) is 35.9 Å². The van der Waals surface area contributed by atoms with Gasteiger partial charge in [0.25, 0.3) is 0 Å². The van der Waals surface area contributed by atoms with Gasteiger partial charge in [0.15, 0.2) is 0 Å². The van der Waals surface area contributed by atoms with Gasteiger partial charge in [0.2, 0.25) is 5.91 Å². The van der Waals surface area contributed by atoms with Crippen LogP contribution in [0.25, 0.3) is 0 Å². The lowest BCUT2D eigenvalue weighted by Gasteiger charge is -2.36. The van der Waals surface area contributed by atoms with Crippen molar-refractivity contribution >= 4 is 23.3 Å². The van der Waals surface area contributed by atoms with Crippen LogP contribution in [0.4, 0.5) is 16.2 Å². The van der Waals surface area contributed by atoms with E-state index >= 15 is 0 Å². The number of hydrogen-bond acceptors (Lipinski definition) is 4. The Kier molecular flexibility index (Phi) is 6.37. The van der Waals surface area contributed by atoms with Crippen LogP contribution < -0.4 is 20.3 Å². The summed E-state index contributed by atoms with van der Waals surface area (Å²) >= 11 is 0. The summed E-state index contributed by atoms with van der Waals surface area (Å²) in [6.45, 7) is 4.79. The number of methoxy groups -OCH3 is 1. The number of hydrogen-bond donors (Lipinski definition) is 2. The lowest BCUT2D eigenvalue weighted by Crippen LogP contribution is -2.51. The van der Waals surface area contributed by atoms with Gasteiger partial charge in [0, 0.05) is 51.0 Å². The van der Waals surface area contributed by atoms with Gasteiger partial charge in [0.1, 0.15) is 5.75 Å². The molecular weight excluding hydrogens is 356 g/mol. The molecule has 3 rings (SSSR count). The first-order valence-electron chi connectivity index (χ1n) is 9.33. The van der Waals surface area contributed by atoms with Crippen molar-refractivity contribution in [3.05, 3.63) is 54.1 Å². The van der Waals surface area contributed by atoms with Crippen molar-refractivity contribution in [3.8, 4) is 5.75 Å². The summed E-state index contributed by atoms with van der Waals surface area (Å²) in [7, 11) is 1.63. The number of piperazine rings is 1. The number of carbonyl (C=O) groups is 2. The number of urea groups is 1. The molecule has 148 valence electrons. The Labute approximate surface area is 165 Å². The molecule has 28 heavy (non-hydrogen) atoms. The minimum absolute atomic E-state index is 0.0533. The molecule has 0 saturated carbocycles. The predicted octanol–water partition coefficient (Wildman–Crippen LogP) is 2.69. The van der Waals surface area contributed by atoms with E-state index in [1.807, 2.05) is 53.4 Å². The summed E-state index contributed by atoms with van der Waals surface area (Å²) < 4.78 is 5.14. The highest BCUT2D eigenvalue weighted by Gasteiger charge is 2.21. The number of amides is 3. The molecule has 3 amide bonds. The van der Waals surface area contributed by atoms with Gasteiger partial charge >= 0.3 is 6.03 Å². The van der Waals surface area contributed by atoms with E-state index in [1.165, 1.54) is 6.92 Å². The number of rotatable bonds is 5. The van der Waals surface area contributed by atoms with Crippen LogP contribution in [0.1, 0.15) is 12.5 Å². The van der Waals surface area contributed by atoms with Gasteiger partial charge < -0.3 is 25.2 Å². The summed E-state index contributed by atoms with van der Waals surface area (Å²) in [5.74, 6) is 0.712. The summed E-state index contributed by atoms with van der Waals surface area (Å²) in [5, 5.41) is 5.77. The molecule has 0 aromatic heterocycles. The zero-order valence-electron chi connectivity index (χ0n) is 16.3. The van der Waals surface area contributed by atoms with E-state index in [2.05, 4.69) is 15.5 Å². The quantitative estimate of drug-likeness (QED) is 0.834. The molecule has 7 nitrogen and oxygen atoms in total. The SMILES string of the molecule is COc1ccc(CNC(=O)N2CCN(c3cccc(NC(C)=O)c3)CC2)cc1. The molecule has 2 N–H and O–H groups in total. The fourth-order valence-corrected chi connectivity index (χ4v) is 3.18. The van der Waals surface area contributed by atoms with Crippen LogP contribution in [-0.2, 0) is 11.3 Å². The molecule has 0 aliphatic carbocycles. The fraction of sp³-hybridized carbons (Fsp3) is 0.333. The number of benzene rings is 2. The van der Waals surface area contributed by atoms with E-state index in [0.717, 1.165) is 35.8 Å². The van der Waals surface area contributed by atoms with E-state index in [-0.39, 0.29) is 11.9 Å². The normalized spacial score (nSPS) is 13.8. The minimum Gasteiger partial charge on any atom is -0.497 e. The van der Waals surface area contributed by atoms with Gasteiger partial charge in [-0.2, -0.15) is 0 Å². The molecule has 0 radical (unpaired) electrons. The van der Waals surface area contributed by atoms with Crippen LogP contribution in [0.5, 0.6) is 5.75 Å². The Morgan fingerprint density at radius 1 is 1.04 bits per heavy atom. The van der Waals surface area contributed by atoms with E-state index in [9.17, 15) is 9.59 Å². The molecule has 1 heterocycles. The molecule has 1 fully saturated rings.